The van der Waals surface area contributed by atoms with Crippen LogP contribution < -0.4 is 0 Å². The van der Waals surface area contributed by atoms with E-state index in [-0.39, 0.29) is 117 Å². The second-order valence-corrected chi connectivity index (χ2v) is 13.2. The van der Waals surface area contributed by atoms with Gasteiger partial charge in [0.05, 0.1) is 58.0 Å². The summed E-state index contributed by atoms with van der Waals surface area (Å²) in [5.41, 5.74) is 0. The van der Waals surface area contributed by atoms with Crippen molar-refractivity contribution in [3.05, 3.63) is 75.9 Å². The Bertz CT molecular complexity index is 1100. The van der Waals surface area contributed by atoms with E-state index in [1.54, 1.807) is 0 Å². The average molecular weight is 813 g/mol. The Labute approximate surface area is 329 Å². The van der Waals surface area contributed by atoms with Gasteiger partial charge in [0.25, 0.3) is 0 Å². The van der Waals surface area contributed by atoms with Crippen molar-refractivity contribution in [1.29, 1.82) is 0 Å². The van der Waals surface area contributed by atoms with Crippen molar-refractivity contribution >= 4 is 43.6 Å². The van der Waals surface area contributed by atoms with Gasteiger partial charge in [-0.2, -0.15) is 0 Å². The topological polar surface area (TPSA) is 203 Å². The normalized spacial score (nSPS) is 10.9. The van der Waals surface area contributed by atoms with Gasteiger partial charge in [-0.3, -0.25) is 13.6 Å². The Morgan fingerprint density at radius 3 is 0.661 bits per heavy atom. The zero-order valence-corrected chi connectivity index (χ0v) is 33.0. The Morgan fingerprint density at radius 2 is 0.518 bits per heavy atom. The molecular formula is C39H57O16P. The summed E-state index contributed by atoms with van der Waals surface area (Å²) >= 11 is 0. The van der Waals surface area contributed by atoms with Crippen LogP contribution in [0.15, 0.2) is 75.9 Å². The van der Waals surface area contributed by atoms with E-state index in [0.717, 1.165) is 36.5 Å². The highest BCUT2D eigenvalue weighted by molar-refractivity contribution is 7.48. The van der Waals surface area contributed by atoms with Crippen LogP contribution in [0.2, 0.25) is 0 Å². The second kappa shape index (κ2) is 32.6. The number of hydrogen-bond acceptors (Lipinski definition) is 16. The van der Waals surface area contributed by atoms with Gasteiger partial charge in [0, 0.05) is 36.5 Å². The van der Waals surface area contributed by atoms with Crippen molar-refractivity contribution in [3.63, 3.8) is 0 Å². The van der Waals surface area contributed by atoms with Gasteiger partial charge in [0.2, 0.25) is 0 Å². The summed E-state index contributed by atoms with van der Waals surface area (Å²) in [6, 6.07) is 0. The predicted octanol–water partition coefficient (Wildman–Crippen LogP) is 6.31. The molecule has 0 bridgehead atoms. The monoisotopic (exact) mass is 812 g/mol. The molecule has 0 unspecified atom stereocenters. The molecule has 0 aromatic heterocycles. The molecular weight excluding hydrogens is 755 g/mol. The minimum Gasteiger partial charge on any atom is -0.463 e. The highest BCUT2D eigenvalue weighted by Gasteiger charge is 2.37. The summed E-state index contributed by atoms with van der Waals surface area (Å²) < 4.78 is 64.1. The fourth-order valence-corrected chi connectivity index (χ4v) is 6.50. The number of ether oxygens (including phenoxy) is 6. The van der Waals surface area contributed by atoms with Gasteiger partial charge in [-0.15, -0.1) is 0 Å². The zero-order chi connectivity index (χ0) is 42.0. The molecule has 17 heteroatoms. The summed E-state index contributed by atoms with van der Waals surface area (Å²) in [5, 5.41) is 0. The molecule has 16 nitrogen and oxygen atoms in total. The van der Waals surface area contributed by atoms with E-state index in [2.05, 4.69) is 39.5 Å². The van der Waals surface area contributed by atoms with E-state index in [1.165, 1.54) is 0 Å². The number of carbonyl (C=O) groups is 6. The van der Waals surface area contributed by atoms with Gasteiger partial charge >= 0.3 is 43.6 Å². The van der Waals surface area contributed by atoms with Crippen molar-refractivity contribution in [1.82, 2.24) is 0 Å². The predicted molar refractivity (Wildman–Crippen MR) is 205 cm³/mol. The first-order valence-electron chi connectivity index (χ1n) is 18.2. The molecule has 0 spiro atoms. The summed E-state index contributed by atoms with van der Waals surface area (Å²) in [6.07, 6.45) is 6.48. The minimum atomic E-state index is -4.57. The number of phosphoric acid groups is 1. The number of esters is 6. The first-order valence-corrected chi connectivity index (χ1v) is 19.7. The highest BCUT2D eigenvalue weighted by Crippen LogP contribution is 2.55. The molecule has 0 N–H and O–H groups in total. The average Bonchev–Trinajstić information content (AvgIpc) is 3.19. The van der Waals surface area contributed by atoms with E-state index in [0.29, 0.717) is 0 Å². The van der Waals surface area contributed by atoms with Gasteiger partial charge in [0.15, 0.2) is 0 Å². The number of hydrogen-bond donors (Lipinski definition) is 0. The highest BCUT2D eigenvalue weighted by atomic mass is 31.2. The van der Waals surface area contributed by atoms with Crippen molar-refractivity contribution in [2.75, 3.05) is 39.6 Å². The van der Waals surface area contributed by atoms with Gasteiger partial charge in [-0.25, -0.2) is 33.3 Å². The third kappa shape index (κ3) is 27.9. The van der Waals surface area contributed by atoms with E-state index in [4.69, 9.17) is 42.0 Å². The largest absolute Gasteiger partial charge is 0.475 e. The standard InChI is InChI=1S/C39H57O16P/c1-7-34(40)47-25-13-19-31(20-14-26-48-35(41)8-2)53-56(46,54-32(21-15-27-49-36(42)9-3)22-16-28-50-37(43)10-4)55-33(23-17-29-51-38(44)11-5)24-18-30-52-39(45)12-6/h7-12,31-33H,1-6,13-30H2. The van der Waals surface area contributed by atoms with Crippen LogP contribution in [0.1, 0.15) is 77.0 Å². The number of carbonyl (C=O) groups excluding carboxylic acids is 6. The molecule has 0 heterocycles. The molecule has 0 saturated heterocycles. The molecule has 0 rings (SSSR count). The maximum atomic E-state index is 14.9. The molecule has 0 radical (unpaired) electrons. The van der Waals surface area contributed by atoms with Crippen molar-refractivity contribution < 1.29 is 75.3 Å². The van der Waals surface area contributed by atoms with Gasteiger partial charge in [-0.1, -0.05) is 39.5 Å². The zero-order valence-electron chi connectivity index (χ0n) is 32.1. The molecule has 0 aromatic rings. The lowest BCUT2D eigenvalue weighted by atomic mass is 10.1. The molecule has 0 aliphatic carbocycles. The number of phosphoric ester groups is 1. The Kier molecular flexibility index (Phi) is 29.9. The molecule has 314 valence electrons. The molecule has 56 heavy (non-hydrogen) atoms. The van der Waals surface area contributed by atoms with E-state index >= 15 is 0 Å². The number of rotatable bonds is 36. The van der Waals surface area contributed by atoms with E-state index < -0.39 is 62.0 Å². The lowest BCUT2D eigenvalue weighted by molar-refractivity contribution is -0.139. The van der Waals surface area contributed by atoms with Crippen molar-refractivity contribution in [2.24, 2.45) is 0 Å². The van der Waals surface area contributed by atoms with Gasteiger partial charge < -0.3 is 28.4 Å². The van der Waals surface area contributed by atoms with Crippen LogP contribution in [-0.4, -0.2) is 93.8 Å². The second-order valence-electron chi connectivity index (χ2n) is 11.7. The first-order chi connectivity index (χ1) is 26.8. The third-order valence-electron chi connectivity index (χ3n) is 7.32. The quantitative estimate of drug-likeness (QED) is 0.0224. The third-order valence-corrected chi connectivity index (χ3v) is 8.99. The minimum absolute atomic E-state index is 0.00680. The molecule has 0 aliphatic heterocycles. The van der Waals surface area contributed by atoms with Crippen LogP contribution >= 0.6 is 7.82 Å². The van der Waals surface area contributed by atoms with Crippen LogP contribution in [0.25, 0.3) is 0 Å². The maximum Gasteiger partial charge on any atom is 0.475 e. The van der Waals surface area contributed by atoms with Gasteiger partial charge in [0.1, 0.15) is 0 Å². The van der Waals surface area contributed by atoms with E-state index in [9.17, 15) is 33.3 Å². The molecule has 0 amide bonds. The SMILES string of the molecule is C=CC(=O)OCCCC(CCCOC(=O)C=C)OP(=O)(OC(CCCOC(=O)C=C)CCCOC(=O)C=C)OC(CCCOC(=O)C=C)CCCOC(=O)C=C. The van der Waals surface area contributed by atoms with Crippen LogP contribution in [0.4, 0.5) is 0 Å². The van der Waals surface area contributed by atoms with Crippen LogP contribution in [-0.2, 0) is 75.3 Å². The first kappa shape index (κ1) is 51.4. The molecule has 0 aliphatic rings. The fourth-order valence-electron chi connectivity index (χ4n) is 4.63. The molecule has 0 fully saturated rings. The molecule has 0 saturated carbocycles. The Morgan fingerprint density at radius 1 is 0.357 bits per heavy atom. The molecule has 0 aromatic carbocycles. The smallest absolute Gasteiger partial charge is 0.463 e. The lowest BCUT2D eigenvalue weighted by Crippen LogP contribution is -2.23. The molecule has 0 atom stereocenters. The summed E-state index contributed by atoms with van der Waals surface area (Å²) in [4.78, 5) is 69.8. The summed E-state index contributed by atoms with van der Waals surface area (Å²) in [5.74, 6) is -3.77. The van der Waals surface area contributed by atoms with Crippen LogP contribution in [0.5, 0.6) is 0 Å². The van der Waals surface area contributed by atoms with Gasteiger partial charge in [-0.05, 0) is 77.0 Å². The van der Waals surface area contributed by atoms with Crippen molar-refractivity contribution in [3.8, 4) is 0 Å². The van der Waals surface area contributed by atoms with Crippen LogP contribution in [0, 0.1) is 0 Å². The van der Waals surface area contributed by atoms with E-state index in [1.807, 2.05) is 0 Å². The van der Waals surface area contributed by atoms with Crippen LogP contribution in [0.3, 0.4) is 0 Å². The Balaban J connectivity index is 6.58. The summed E-state index contributed by atoms with van der Waals surface area (Å²) in [7, 11) is -4.57. The lowest BCUT2D eigenvalue weighted by Gasteiger charge is -2.30. The maximum absolute atomic E-state index is 14.9. The fraction of sp³-hybridized carbons (Fsp3) is 0.538. The van der Waals surface area contributed by atoms with Crippen molar-refractivity contribution in [2.45, 2.75) is 95.4 Å². The summed E-state index contributed by atoms with van der Waals surface area (Å²) in [6.45, 7) is 20.2. The Hall–Kier alpha value is -4.63.